The Kier molecular flexibility index (Phi) is 10.2. The molecular weight excluding hydrogens is 483 g/mol. The maximum atomic E-state index is 13.2. The van der Waals surface area contributed by atoms with Crippen molar-refractivity contribution in [3.8, 4) is 16.9 Å². The van der Waals surface area contributed by atoms with E-state index < -0.39 is 5.85 Å². The third-order valence-corrected chi connectivity index (χ3v) is 6.23. The first-order valence-corrected chi connectivity index (χ1v) is 12.8. The summed E-state index contributed by atoms with van der Waals surface area (Å²) >= 11 is 0. The van der Waals surface area contributed by atoms with Gasteiger partial charge in [0.15, 0.2) is 0 Å². The van der Waals surface area contributed by atoms with Crippen molar-refractivity contribution in [1.29, 1.82) is 0 Å². The Balaban J connectivity index is 0.00000106. The molecule has 1 aromatic heterocycles. The van der Waals surface area contributed by atoms with Gasteiger partial charge in [0.25, 0.3) is 5.56 Å². The molecule has 1 aliphatic heterocycles. The van der Waals surface area contributed by atoms with E-state index in [4.69, 9.17) is 0 Å². The Bertz CT molecular complexity index is 1120. The lowest BCUT2D eigenvalue weighted by Gasteiger charge is -2.41. The number of nitrogens with zero attached hydrogens (tertiary/aromatic N) is 3. The van der Waals surface area contributed by atoms with Crippen molar-refractivity contribution in [1.82, 2.24) is 9.47 Å². The van der Waals surface area contributed by atoms with Gasteiger partial charge in [-0.2, -0.15) is 8.78 Å². The van der Waals surface area contributed by atoms with Crippen LogP contribution in [0.5, 0.6) is 5.75 Å². The quantitative estimate of drug-likeness (QED) is 0.323. The predicted octanol–water partition coefficient (Wildman–Crippen LogP) is 5.85. The van der Waals surface area contributed by atoms with Crippen molar-refractivity contribution in [2.24, 2.45) is 0 Å². The van der Waals surface area contributed by atoms with E-state index in [1.807, 2.05) is 18.9 Å². The Morgan fingerprint density at radius 1 is 1.19 bits per heavy atom. The number of anilines is 1. The van der Waals surface area contributed by atoms with Gasteiger partial charge in [0.2, 0.25) is 5.91 Å². The summed E-state index contributed by atoms with van der Waals surface area (Å²) in [5.74, 6) is -3.43. The normalized spacial score (nSPS) is 13.4. The van der Waals surface area contributed by atoms with Gasteiger partial charge in [-0.3, -0.25) is 9.59 Å². The van der Waals surface area contributed by atoms with Gasteiger partial charge in [-0.1, -0.05) is 45.4 Å². The molecule has 1 unspecified atom stereocenters. The Labute approximate surface area is 215 Å². The Morgan fingerprint density at radius 2 is 1.75 bits per heavy atom. The summed E-state index contributed by atoms with van der Waals surface area (Å²) in [4.78, 5) is 28.9. The molecule has 1 fully saturated rings. The number of carbonyl (C=O) groups is 1. The smallest absolute Gasteiger partial charge is 0.408 e. The predicted molar refractivity (Wildman–Crippen MR) is 146 cm³/mol. The van der Waals surface area contributed by atoms with Crippen LogP contribution in [-0.4, -0.2) is 47.9 Å². The van der Waals surface area contributed by atoms with Crippen LogP contribution in [0.15, 0.2) is 47.4 Å². The number of aromatic nitrogens is 1. The van der Waals surface area contributed by atoms with Gasteiger partial charge < -0.3 is 19.1 Å². The van der Waals surface area contributed by atoms with E-state index >= 15 is 0 Å². The highest BCUT2D eigenvalue weighted by Gasteiger charge is 2.33. The molecule has 3 rings (SSSR count). The van der Waals surface area contributed by atoms with Crippen LogP contribution in [-0.2, 0) is 4.79 Å². The second-order valence-corrected chi connectivity index (χ2v) is 9.75. The van der Waals surface area contributed by atoms with Crippen LogP contribution in [0, 0.1) is 6.92 Å². The zero-order valence-electron chi connectivity index (χ0n) is 22.1. The van der Waals surface area contributed by atoms with E-state index in [9.17, 15) is 18.4 Å². The lowest BCUT2D eigenvalue weighted by atomic mass is 10.00. The van der Waals surface area contributed by atoms with Crippen LogP contribution in [0.1, 0.15) is 52.1 Å². The molecule has 2 aromatic rings. The van der Waals surface area contributed by atoms with Gasteiger partial charge in [-0.25, -0.2) is 0 Å². The summed E-state index contributed by atoms with van der Waals surface area (Å²) < 4.78 is 32.5. The monoisotopic (exact) mass is 521 g/mol. The van der Waals surface area contributed by atoms with Crippen molar-refractivity contribution in [2.45, 2.75) is 59.4 Å². The fourth-order valence-electron chi connectivity index (χ4n) is 3.81. The minimum atomic E-state index is -3.35. The Morgan fingerprint density at radius 3 is 2.19 bits per heavy atom. The number of hydrogen-bond donors (Lipinski definition) is 0. The number of amides is 1. The molecule has 1 saturated heterocycles. The van der Waals surface area contributed by atoms with E-state index in [0.29, 0.717) is 30.8 Å². The number of pyridine rings is 1. The minimum Gasteiger partial charge on any atom is -0.430 e. The fourth-order valence-corrected chi connectivity index (χ4v) is 3.95. The number of benzene rings is 1. The second-order valence-electron chi connectivity index (χ2n) is 9.08. The molecule has 0 N–H and O–H groups in total. The van der Waals surface area contributed by atoms with Crippen LogP contribution in [0.25, 0.3) is 11.1 Å². The van der Waals surface area contributed by atoms with Gasteiger partial charge in [0.05, 0.1) is 11.7 Å². The van der Waals surface area contributed by atoms with Gasteiger partial charge >= 0.3 is 5.85 Å². The lowest BCUT2D eigenvalue weighted by molar-refractivity contribution is -0.132. The molecule has 198 valence electrons. The van der Waals surface area contributed by atoms with E-state index in [0.717, 1.165) is 16.8 Å². The van der Waals surface area contributed by atoms with Crippen molar-refractivity contribution in [3.63, 3.8) is 0 Å². The lowest BCUT2D eigenvalue weighted by Crippen LogP contribution is -2.53. The van der Waals surface area contributed by atoms with Crippen LogP contribution in [0.3, 0.4) is 0 Å². The Hall–Kier alpha value is -2.73. The largest absolute Gasteiger partial charge is 0.430 e. The molecule has 0 spiro atoms. The van der Waals surface area contributed by atoms with Crippen LogP contribution < -0.4 is 15.2 Å². The molecule has 1 aromatic carbocycles. The van der Waals surface area contributed by atoms with Crippen molar-refractivity contribution < 1.29 is 18.3 Å². The molecule has 1 aliphatic rings. The van der Waals surface area contributed by atoms with Crippen LogP contribution in [0.2, 0.25) is 0 Å². The van der Waals surface area contributed by atoms with E-state index in [1.165, 1.54) is 34.2 Å². The van der Waals surface area contributed by atoms with Crippen molar-refractivity contribution in [2.75, 3.05) is 31.6 Å². The molecule has 0 aliphatic carbocycles. The van der Waals surface area contributed by atoms with E-state index in [2.05, 4.69) is 25.2 Å². The summed E-state index contributed by atoms with van der Waals surface area (Å²) in [5, 5.41) is 0. The first-order chi connectivity index (χ1) is 16.8. The zero-order valence-corrected chi connectivity index (χ0v) is 23.3. The van der Waals surface area contributed by atoms with Gasteiger partial charge in [-0.15, -0.1) is 0 Å². The van der Waals surface area contributed by atoms with Crippen LogP contribution in [0.4, 0.5) is 14.5 Å². The first kappa shape index (κ1) is 29.5. The molecule has 0 radical (unpaired) electrons. The first-order valence-electron chi connectivity index (χ1n) is 12.2. The number of unbranched alkanes of at least 4 members (excludes halogenated alkanes) is 1. The zero-order chi connectivity index (χ0) is 27.2. The molecule has 6 nitrogen and oxygen atoms in total. The standard InChI is InChI=1S/C23H28F2N3O3P.C4H10/c1-6-26(5)20-15(4)22(30)28(17-11-27(12-17)21(29)14(2)3)13-19(20)16-7-9-18(10-8-16)31-23(24,25)32;1-3-4-2/h7-10,13,17H,2,6,11-12,32H2,1,3-5H3;3-4H2,1-2H3. The number of carbonyl (C=O) groups excluding carboxylic acids is 1. The SMILES string of the molecule is C=C(C)C(=O)N1CC(n2cc(-c3ccc(OC(F)(F)P)cc3)c(N(C)CC)c(C)c2=O)C1.CCCC. The number of halogens is 2. The summed E-state index contributed by atoms with van der Waals surface area (Å²) in [6.45, 7) is 15.0. The van der Waals surface area contributed by atoms with E-state index in [1.54, 1.807) is 41.6 Å². The van der Waals surface area contributed by atoms with Crippen molar-refractivity contribution in [3.05, 3.63) is 58.5 Å². The van der Waals surface area contributed by atoms with E-state index in [-0.39, 0.29) is 23.3 Å². The molecule has 9 heteroatoms. The average molecular weight is 522 g/mol. The number of ether oxygens (including phenoxy) is 1. The molecule has 2 heterocycles. The maximum absolute atomic E-state index is 13.2. The van der Waals surface area contributed by atoms with Gasteiger partial charge in [0.1, 0.15) is 5.75 Å². The number of rotatable bonds is 8. The fraction of sp³-hybridized carbons (Fsp3) is 0.481. The molecule has 1 amide bonds. The summed E-state index contributed by atoms with van der Waals surface area (Å²) in [6.07, 6.45) is 4.43. The maximum Gasteiger partial charge on any atom is 0.408 e. The highest BCUT2D eigenvalue weighted by atomic mass is 31.0. The summed E-state index contributed by atoms with van der Waals surface area (Å²) in [7, 11) is 3.25. The van der Waals surface area contributed by atoms with Crippen molar-refractivity contribution >= 4 is 20.8 Å². The summed E-state index contributed by atoms with van der Waals surface area (Å²) in [6, 6.07) is 6.21. The minimum absolute atomic E-state index is 0.0390. The third kappa shape index (κ3) is 7.16. The van der Waals surface area contributed by atoms with Crippen LogP contribution >= 0.6 is 9.24 Å². The second kappa shape index (κ2) is 12.5. The number of alkyl halides is 2. The molecular formula is C27H38F2N3O3P. The number of likely N-dealkylation sites (tertiary alicyclic amines) is 1. The third-order valence-electron chi connectivity index (χ3n) is 6.12. The average Bonchev–Trinajstić information content (AvgIpc) is 2.79. The molecule has 1 atom stereocenters. The van der Waals surface area contributed by atoms with Gasteiger partial charge in [-0.05, 0) is 47.7 Å². The highest BCUT2D eigenvalue weighted by molar-refractivity contribution is 7.17. The molecule has 0 bridgehead atoms. The topological polar surface area (TPSA) is 54.8 Å². The van der Waals surface area contributed by atoms with Gasteiger partial charge in [0, 0.05) is 49.6 Å². The highest BCUT2D eigenvalue weighted by Crippen LogP contribution is 2.35. The molecule has 36 heavy (non-hydrogen) atoms. The molecule has 0 saturated carbocycles. The number of hydrogen-bond acceptors (Lipinski definition) is 4. The summed E-state index contributed by atoms with van der Waals surface area (Å²) in [5.41, 5.74) is 3.30.